The van der Waals surface area contributed by atoms with E-state index < -0.39 is 17.7 Å². The molecule has 2 amide bonds. The molecule has 29 heavy (non-hydrogen) atoms. The minimum absolute atomic E-state index is 0.0687. The van der Waals surface area contributed by atoms with Crippen molar-refractivity contribution in [3.63, 3.8) is 0 Å². The second-order valence-electron chi connectivity index (χ2n) is 6.78. The van der Waals surface area contributed by atoms with Crippen LogP contribution in [0.1, 0.15) is 16.8 Å². The molecule has 0 aliphatic carbocycles. The van der Waals surface area contributed by atoms with Gasteiger partial charge in [-0.2, -0.15) is 0 Å². The Labute approximate surface area is 169 Å². The Kier molecular flexibility index (Phi) is 6.44. The number of nitrogens with one attached hydrogen (secondary N) is 1. The molecule has 2 aromatic carbocycles. The molecule has 0 radical (unpaired) electrons. The summed E-state index contributed by atoms with van der Waals surface area (Å²) in [6.45, 7) is 7.05. The average molecular weight is 395 g/mol. The number of benzene rings is 2. The lowest BCUT2D eigenvalue weighted by Crippen LogP contribution is -2.35. The van der Waals surface area contributed by atoms with Crippen LogP contribution in [-0.4, -0.2) is 22.0 Å². The number of carbonyl (C=O) groups excluding carboxylic acids is 1. The maximum atomic E-state index is 13.9. The third kappa shape index (κ3) is 5.10. The zero-order valence-electron chi connectivity index (χ0n) is 16.2. The summed E-state index contributed by atoms with van der Waals surface area (Å²) in [5.74, 6) is -1.52. The molecule has 4 nitrogen and oxygen atoms in total. The van der Waals surface area contributed by atoms with Crippen molar-refractivity contribution >= 4 is 11.7 Å². The summed E-state index contributed by atoms with van der Waals surface area (Å²) in [4.78, 5) is 14.2. The molecule has 150 valence electrons. The van der Waals surface area contributed by atoms with Crippen molar-refractivity contribution in [2.45, 2.75) is 20.0 Å². The lowest BCUT2D eigenvalue weighted by Gasteiger charge is -2.23. The second-order valence-corrected chi connectivity index (χ2v) is 6.78. The number of hydrogen-bond donors (Lipinski definition) is 1. The van der Waals surface area contributed by atoms with E-state index in [2.05, 4.69) is 35.5 Å². The highest BCUT2D eigenvalue weighted by atomic mass is 19.1. The Morgan fingerprint density at radius 2 is 1.97 bits per heavy atom. The largest absolute Gasteiger partial charge is 0.345 e. The van der Waals surface area contributed by atoms with Gasteiger partial charge in [-0.05, 0) is 42.3 Å². The molecule has 0 atom stereocenters. The predicted molar refractivity (Wildman–Crippen MR) is 111 cm³/mol. The maximum Gasteiger partial charge on any atom is 0.322 e. The number of halogens is 2. The summed E-state index contributed by atoms with van der Waals surface area (Å²) in [6.07, 6.45) is 3.57. The monoisotopic (exact) mass is 395 g/mol. The van der Waals surface area contributed by atoms with Gasteiger partial charge < -0.3 is 14.8 Å². The Hall–Kier alpha value is -3.41. The Morgan fingerprint density at radius 1 is 1.17 bits per heavy atom. The van der Waals surface area contributed by atoms with Gasteiger partial charge in [0.05, 0.1) is 12.2 Å². The van der Waals surface area contributed by atoms with Crippen LogP contribution < -0.4 is 5.32 Å². The van der Waals surface area contributed by atoms with E-state index >= 15 is 0 Å². The van der Waals surface area contributed by atoms with Crippen molar-refractivity contribution in [1.29, 1.82) is 0 Å². The number of nitrogens with zero attached hydrogens (tertiary/aromatic N) is 2. The third-order valence-corrected chi connectivity index (χ3v) is 4.69. The molecule has 1 heterocycles. The Morgan fingerprint density at radius 3 is 2.69 bits per heavy atom. The summed E-state index contributed by atoms with van der Waals surface area (Å²) < 4.78 is 29.0. The topological polar surface area (TPSA) is 37.3 Å². The van der Waals surface area contributed by atoms with E-state index in [1.807, 2.05) is 30.5 Å². The molecule has 1 aromatic heterocycles. The van der Waals surface area contributed by atoms with Gasteiger partial charge in [-0.15, -0.1) is 6.58 Å². The molecule has 0 fully saturated rings. The van der Waals surface area contributed by atoms with Crippen molar-refractivity contribution in [2.24, 2.45) is 0 Å². The predicted octanol–water partition coefficient (Wildman–Crippen LogP) is 5.34. The van der Waals surface area contributed by atoms with Gasteiger partial charge in [0, 0.05) is 31.0 Å². The van der Waals surface area contributed by atoms with Crippen LogP contribution >= 0.6 is 0 Å². The molecule has 0 unspecified atom stereocenters. The second kappa shape index (κ2) is 9.19. The van der Waals surface area contributed by atoms with Gasteiger partial charge in [-0.3, -0.25) is 0 Å². The smallest absolute Gasteiger partial charge is 0.322 e. The molecule has 3 rings (SSSR count). The van der Waals surface area contributed by atoms with E-state index in [4.69, 9.17) is 0 Å². The molecule has 0 spiro atoms. The zero-order chi connectivity index (χ0) is 20.8. The summed E-state index contributed by atoms with van der Waals surface area (Å²) in [7, 11) is 0. The van der Waals surface area contributed by atoms with Gasteiger partial charge in [0.1, 0.15) is 11.6 Å². The molecular formula is C23H23F2N3O. The van der Waals surface area contributed by atoms with Crippen molar-refractivity contribution in [3.8, 4) is 0 Å². The minimum Gasteiger partial charge on any atom is -0.345 e. The number of aromatic nitrogens is 1. The van der Waals surface area contributed by atoms with E-state index in [9.17, 15) is 13.6 Å². The van der Waals surface area contributed by atoms with Crippen LogP contribution in [0.15, 0.2) is 73.4 Å². The van der Waals surface area contributed by atoms with E-state index in [0.29, 0.717) is 13.1 Å². The van der Waals surface area contributed by atoms with Crippen LogP contribution in [0.3, 0.4) is 0 Å². The number of anilines is 1. The van der Waals surface area contributed by atoms with Crippen molar-refractivity contribution in [1.82, 2.24) is 9.47 Å². The number of hydrogen-bond acceptors (Lipinski definition) is 1. The van der Waals surface area contributed by atoms with Crippen LogP contribution in [0.4, 0.5) is 19.3 Å². The van der Waals surface area contributed by atoms with Crippen molar-refractivity contribution in [2.75, 3.05) is 11.9 Å². The zero-order valence-corrected chi connectivity index (χ0v) is 16.2. The summed E-state index contributed by atoms with van der Waals surface area (Å²) in [5.41, 5.74) is 3.25. The fraction of sp³-hybridized carbons (Fsp3) is 0.174. The number of rotatable bonds is 7. The molecule has 0 aliphatic heterocycles. The van der Waals surface area contributed by atoms with E-state index in [1.165, 1.54) is 22.1 Å². The number of amides is 2. The Balaban J connectivity index is 1.75. The van der Waals surface area contributed by atoms with Crippen LogP contribution in [0.2, 0.25) is 0 Å². The standard InChI is InChI=1S/C23H23F2N3O/c1-3-12-28(23(29)26-22-11-10-19(24)14-21(22)25)16-20-9-6-13-27(20)15-18-8-5-4-7-17(18)2/h3-11,13-14H,1,12,15-16H2,2H3,(H,26,29). The summed E-state index contributed by atoms with van der Waals surface area (Å²) in [6, 6.07) is 14.6. The molecule has 0 aliphatic rings. The minimum atomic E-state index is -0.820. The van der Waals surface area contributed by atoms with Crippen molar-refractivity contribution < 1.29 is 13.6 Å². The fourth-order valence-corrected chi connectivity index (χ4v) is 3.07. The lowest BCUT2D eigenvalue weighted by molar-refractivity contribution is 0.213. The van der Waals surface area contributed by atoms with Crippen LogP contribution in [-0.2, 0) is 13.1 Å². The summed E-state index contributed by atoms with van der Waals surface area (Å²) in [5, 5.41) is 2.50. The number of carbonyl (C=O) groups is 1. The highest BCUT2D eigenvalue weighted by Gasteiger charge is 2.17. The van der Waals surface area contributed by atoms with Gasteiger partial charge in [0.25, 0.3) is 0 Å². The third-order valence-electron chi connectivity index (χ3n) is 4.69. The first kappa shape index (κ1) is 20.3. The van der Waals surface area contributed by atoms with Crippen LogP contribution in [0, 0.1) is 18.6 Å². The maximum absolute atomic E-state index is 13.9. The van der Waals surface area contributed by atoms with Crippen molar-refractivity contribution in [3.05, 3.63) is 102 Å². The molecular weight excluding hydrogens is 372 g/mol. The molecule has 3 aromatic rings. The van der Waals surface area contributed by atoms with E-state index in [-0.39, 0.29) is 12.2 Å². The van der Waals surface area contributed by atoms with Crippen LogP contribution in [0.5, 0.6) is 0 Å². The number of urea groups is 1. The highest BCUT2D eigenvalue weighted by molar-refractivity contribution is 5.89. The van der Waals surface area contributed by atoms with E-state index in [1.54, 1.807) is 6.08 Å². The molecule has 6 heteroatoms. The van der Waals surface area contributed by atoms with Gasteiger partial charge in [-0.25, -0.2) is 13.6 Å². The SMILES string of the molecule is C=CCN(Cc1cccn1Cc1ccccc1C)C(=O)Nc1ccc(F)cc1F. The van der Waals surface area contributed by atoms with E-state index in [0.717, 1.165) is 17.8 Å². The molecule has 1 N–H and O–H groups in total. The molecule has 0 saturated carbocycles. The van der Waals surface area contributed by atoms with Gasteiger partial charge in [0.15, 0.2) is 0 Å². The Bertz CT molecular complexity index is 1010. The fourth-order valence-electron chi connectivity index (χ4n) is 3.07. The average Bonchev–Trinajstić information content (AvgIpc) is 3.12. The molecule has 0 bridgehead atoms. The quantitative estimate of drug-likeness (QED) is 0.539. The highest BCUT2D eigenvalue weighted by Crippen LogP contribution is 2.17. The first-order valence-corrected chi connectivity index (χ1v) is 9.28. The first-order valence-electron chi connectivity index (χ1n) is 9.28. The van der Waals surface area contributed by atoms with Gasteiger partial charge in [0.2, 0.25) is 0 Å². The molecule has 0 saturated heterocycles. The lowest BCUT2D eigenvalue weighted by atomic mass is 10.1. The van der Waals surface area contributed by atoms with Gasteiger partial charge >= 0.3 is 6.03 Å². The summed E-state index contributed by atoms with van der Waals surface area (Å²) >= 11 is 0. The normalized spacial score (nSPS) is 10.6. The first-order chi connectivity index (χ1) is 14.0. The van der Waals surface area contributed by atoms with Gasteiger partial charge in [-0.1, -0.05) is 30.3 Å². The van der Waals surface area contributed by atoms with Crippen LogP contribution in [0.25, 0.3) is 0 Å². The number of aryl methyl sites for hydroxylation is 1.